The zero-order valence-electron chi connectivity index (χ0n) is 25.4. The topological polar surface area (TPSA) is 153 Å². The molecule has 12 heteroatoms. The summed E-state index contributed by atoms with van der Waals surface area (Å²) < 4.78 is 16.4. The lowest BCUT2D eigenvalue weighted by Gasteiger charge is -2.34. The van der Waals surface area contributed by atoms with Crippen LogP contribution in [0.25, 0.3) is 0 Å². The minimum atomic E-state index is -0.556. The van der Waals surface area contributed by atoms with Gasteiger partial charge in [-0.15, -0.1) is 0 Å². The number of hydrogen-bond donors (Lipinski definition) is 2. The van der Waals surface area contributed by atoms with Crippen LogP contribution in [0.5, 0.6) is 5.75 Å². The predicted molar refractivity (Wildman–Crippen MR) is 160 cm³/mol. The van der Waals surface area contributed by atoms with Crippen molar-refractivity contribution in [2.24, 2.45) is 5.92 Å². The van der Waals surface area contributed by atoms with Gasteiger partial charge in [-0.3, -0.25) is 19.2 Å². The molecule has 45 heavy (non-hydrogen) atoms. The second kappa shape index (κ2) is 13.1. The molecule has 0 bridgehead atoms. The van der Waals surface area contributed by atoms with Crippen molar-refractivity contribution in [1.29, 1.82) is 0 Å². The highest BCUT2D eigenvalue weighted by Gasteiger charge is 2.35. The molecule has 0 spiro atoms. The number of cyclic esters (lactones) is 1. The monoisotopic (exact) mass is 615 g/mol. The highest BCUT2D eigenvalue weighted by Crippen LogP contribution is 2.40. The highest BCUT2D eigenvalue weighted by molar-refractivity contribution is 5.93. The Morgan fingerprint density at radius 2 is 1.87 bits per heavy atom. The molecule has 2 aliphatic heterocycles. The van der Waals surface area contributed by atoms with E-state index >= 15 is 0 Å². The van der Waals surface area contributed by atoms with E-state index < -0.39 is 24.0 Å². The third kappa shape index (κ3) is 7.33. The van der Waals surface area contributed by atoms with Crippen LogP contribution in [-0.4, -0.2) is 70.5 Å². The van der Waals surface area contributed by atoms with Gasteiger partial charge in [0.05, 0.1) is 30.3 Å². The van der Waals surface area contributed by atoms with E-state index in [0.29, 0.717) is 30.5 Å². The predicted octanol–water partition coefficient (Wildman–Crippen LogP) is 3.48. The van der Waals surface area contributed by atoms with Crippen molar-refractivity contribution in [3.8, 4) is 5.75 Å². The third-order valence-corrected chi connectivity index (χ3v) is 8.49. The van der Waals surface area contributed by atoms with Crippen molar-refractivity contribution in [3.63, 3.8) is 0 Å². The van der Waals surface area contributed by atoms with Gasteiger partial charge < -0.3 is 29.5 Å². The molecule has 4 atom stereocenters. The molecule has 3 fully saturated rings. The molecular weight excluding hydrogens is 578 g/mol. The van der Waals surface area contributed by atoms with Crippen molar-refractivity contribution in [2.75, 3.05) is 19.7 Å². The maximum Gasteiger partial charge on any atom is 0.306 e. The SMILES string of the molecule is Cc1cc(C(=O)NC(C)C(Oc2ccc(C(=O)N[C@H]3CCCN(C(=O)[C@H]4COC(=O)C4)C3)nc2)c2ccc(C3CC3)cc2)on1. The highest BCUT2D eigenvalue weighted by atomic mass is 16.5. The number of pyridine rings is 1. The molecule has 236 valence electrons. The Hall–Kier alpha value is -4.74. The van der Waals surface area contributed by atoms with Gasteiger partial charge >= 0.3 is 5.97 Å². The smallest absolute Gasteiger partial charge is 0.306 e. The zero-order valence-corrected chi connectivity index (χ0v) is 25.4. The molecule has 3 amide bonds. The van der Waals surface area contributed by atoms with Gasteiger partial charge in [0.1, 0.15) is 24.2 Å². The average molecular weight is 616 g/mol. The van der Waals surface area contributed by atoms with E-state index in [2.05, 4.69) is 32.9 Å². The fourth-order valence-electron chi connectivity index (χ4n) is 5.87. The molecule has 12 nitrogen and oxygen atoms in total. The number of piperidine rings is 1. The molecule has 4 heterocycles. The Morgan fingerprint density at radius 3 is 2.51 bits per heavy atom. The second-order valence-electron chi connectivity index (χ2n) is 12.1. The Bertz CT molecular complexity index is 1550. The lowest BCUT2D eigenvalue weighted by Crippen LogP contribution is -2.51. The van der Waals surface area contributed by atoms with Gasteiger partial charge in [-0.05, 0) is 68.7 Å². The van der Waals surface area contributed by atoms with E-state index in [1.807, 2.05) is 19.1 Å². The fraction of sp³-hybridized carbons (Fsp3) is 0.455. The van der Waals surface area contributed by atoms with Crippen LogP contribution in [0.1, 0.15) is 88.9 Å². The van der Waals surface area contributed by atoms with Gasteiger partial charge in [-0.2, -0.15) is 0 Å². The van der Waals surface area contributed by atoms with E-state index in [4.69, 9.17) is 14.0 Å². The van der Waals surface area contributed by atoms with Crippen molar-refractivity contribution in [2.45, 2.75) is 70.1 Å². The number of esters is 1. The van der Waals surface area contributed by atoms with Crippen LogP contribution in [-0.2, 0) is 14.3 Å². The van der Waals surface area contributed by atoms with Crippen molar-refractivity contribution in [3.05, 3.63) is 76.9 Å². The first-order chi connectivity index (χ1) is 21.7. The van der Waals surface area contributed by atoms with E-state index in [1.165, 1.54) is 24.6 Å². The van der Waals surface area contributed by atoms with E-state index in [0.717, 1.165) is 18.4 Å². The lowest BCUT2D eigenvalue weighted by atomic mass is 10.00. The molecule has 6 rings (SSSR count). The zero-order chi connectivity index (χ0) is 31.5. The van der Waals surface area contributed by atoms with Crippen molar-refractivity contribution in [1.82, 2.24) is 25.7 Å². The van der Waals surface area contributed by atoms with Crippen molar-refractivity contribution >= 4 is 23.7 Å². The molecule has 2 aromatic heterocycles. The normalized spacial score (nSPS) is 21.0. The third-order valence-electron chi connectivity index (χ3n) is 8.49. The van der Waals surface area contributed by atoms with Gasteiger partial charge in [0.2, 0.25) is 11.7 Å². The van der Waals surface area contributed by atoms with Crippen LogP contribution >= 0.6 is 0 Å². The lowest BCUT2D eigenvalue weighted by molar-refractivity contribution is -0.138. The summed E-state index contributed by atoms with van der Waals surface area (Å²) in [4.78, 5) is 56.2. The van der Waals surface area contributed by atoms with Crippen LogP contribution < -0.4 is 15.4 Å². The summed E-state index contributed by atoms with van der Waals surface area (Å²) in [5.41, 5.74) is 3.00. The molecule has 0 radical (unpaired) electrons. The first-order valence-electron chi connectivity index (χ1n) is 15.5. The number of nitrogens with zero attached hydrogens (tertiary/aromatic N) is 3. The van der Waals surface area contributed by atoms with Crippen LogP contribution in [0.2, 0.25) is 0 Å². The number of amides is 3. The first-order valence-corrected chi connectivity index (χ1v) is 15.5. The number of hydrogen-bond acceptors (Lipinski definition) is 9. The number of likely N-dealkylation sites (tertiary alicyclic amines) is 1. The molecule has 2 saturated heterocycles. The summed E-state index contributed by atoms with van der Waals surface area (Å²) >= 11 is 0. The van der Waals surface area contributed by atoms with Gasteiger partial charge in [0.15, 0.2) is 0 Å². The summed E-state index contributed by atoms with van der Waals surface area (Å²) in [7, 11) is 0. The number of ether oxygens (including phenoxy) is 2. The Morgan fingerprint density at radius 1 is 1.07 bits per heavy atom. The van der Waals surface area contributed by atoms with E-state index in [9.17, 15) is 19.2 Å². The van der Waals surface area contributed by atoms with Crippen molar-refractivity contribution < 1.29 is 33.2 Å². The molecule has 3 aliphatic rings. The van der Waals surface area contributed by atoms with Gasteiger partial charge in [-0.25, -0.2) is 4.98 Å². The number of carbonyl (C=O) groups excluding carboxylic acids is 4. The van der Waals surface area contributed by atoms with E-state index in [-0.39, 0.29) is 48.3 Å². The Balaban J connectivity index is 1.10. The average Bonchev–Trinajstić information content (AvgIpc) is 3.66. The number of carbonyl (C=O) groups is 4. The summed E-state index contributed by atoms with van der Waals surface area (Å²) in [6.07, 6.45) is 4.90. The summed E-state index contributed by atoms with van der Waals surface area (Å²) in [5.74, 6) is -0.513. The number of rotatable bonds is 10. The standard InChI is InChI=1S/C33H37N5O7/c1-19-14-28(45-37-19)32(41)35-20(2)30(23-9-7-22(8-10-23)21-5-6-21)44-26-11-12-27(34-16-26)31(40)36-25-4-3-13-38(17-25)33(42)24-15-29(39)43-18-24/h7-12,14,16,20-21,24-25,30H,3-6,13,15,17-18H2,1-2H3,(H,35,41)(H,36,40)/t20?,24-,25+,30?/m1/s1. The molecule has 2 N–H and O–H groups in total. The molecule has 2 unspecified atom stereocenters. The Kier molecular flexibility index (Phi) is 8.81. The summed E-state index contributed by atoms with van der Waals surface area (Å²) in [5, 5.41) is 9.73. The molecule has 1 aromatic carbocycles. The molecule has 3 aromatic rings. The van der Waals surface area contributed by atoms with Gasteiger partial charge in [-0.1, -0.05) is 29.4 Å². The minimum absolute atomic E-state index is 0.101. The minimum Gasteiger partial charge on any atom is -0.482 e. The van der Waals surface area contributed by atoms with E-state index in [1.54, 1.807) is 30.0 Å². The number of aryl methyl sites for hydroxylation is 1. The first kappa shape index (κ1) is 30.3. The number of benzene rings is 1. The molecule has 1 aliphatic carbocycles. The van der Waals surface area contributed by atoms with Gasteiger partial charge in [0.25, 0.3) is 11.8 Å². The van der Waals surface area contributed by atoms with Crippen LogP contribution in [0, 0.1) is 12.8 Å². The number of nitrogens with one attached hydrogen (secondary N) is 2. The second-order valence-corrected chi connectivity index (χ2v) is 12.1. The number of aromatic nitrogens is 2. The summed E-state index contributed by atoms with van der Waals surface area (Å²) in [6, 6.07) is 12.4. The van der Waals surface area contributed by atoms with Crippen LogP contribution in [0.3, 0.4) is 0 Å². The largest absolute Gasteiger partial charge is 0.482 e. The molecular formula is C33H37N5O7. The quantitative estimate of drug-likeness (QED) is 0.327. The summed E-state index contributed by atoms with van der Waals surface area (Å²) in [6.45, 7) is 4.67. The Labute approximate surface area is 260 Å². The molecule has 1 saturated carbocycles. The fourth-order valence-corrected chi connectivity index (χ4v) is 5.87. The van der Waals surface area contributed by atoms with Gasteiger partial charge in [0, 0.05) is 25.2 Å². The van der Waals surface area contributed by atoms with Crippen LogP contribution in [0.15, 0.2) is 53.2 Å². The van der Waals surface area contributed by atoms with Crippen LogP contribution in [0.4, 0.5) is 0 Å². The maximum absolute atomic E-state index is 13.1. The maximum atomic E-state index is 13.1.